The average Bonchev–Trinajstić information content (AvgIpc) is 3.26. The molecule has 1 atom stereocenters. The number of nitrogens with zero attached hydrogens (tertiary/aromatic N) is 1. The Bertz CT molecular complexity index is 772. The summed E-state index contributed by atoms with van der Waals surface area (Å²) in [5.74, 6) is -0.741. The second-order valence-corrected chi connectivity index (χ2v) is 10.3. The van der Waals surface area contributed by atoms with Crippen LogP contribution in [0, 0.1) is 12.8 Å². The Morgan fingerprint density at radius 1 is 1.20 bits per heavy atom. The van der Waals surface area contributed by atoms with E-state index in [0.29, 0.717) is 30.8 Å². The van der Waals surface area contributed by atoms with Crippen LogP contribution in [0.5, 0.6) is 0 Å². The van der Waals surface area contributed by atoms with E-state index in [2.05, 4.69) is 5.32 Å². The van der Waals surface area contributed by atoms with Crippen LogP contribution in [-0.4, -0.2) is 36.1 Å². The third-order valence-electron chi connectivity index (χ3n) is 4.78. The Morgan fingerprint density at radius 3 is 2.36 bits per heavy atom. The average molecular weight is 405 g/mol. The minimum atomic E-state index is -3.57. The quantitative estimate of drug-likeness (QED) is 0.777. The smallest absolute Gasteiger partial charge is 0.243 e. The predicted octanol–water partition coefficient (Wildman–Crippen LogP) is 3.69. The molecule has 1 aliphatic carbocycles. The first-order valence-corrected chi connectivity index (χ1v) is 10.7. The van der Waals surface area contributed by atoms with Crippen LogP contribution in [0.2, 0.25) is 0 Å². The summed E-state index contributed by atoms with van der Waals surface area (Å²) < 4.78 is 26.6. The molecule has 1 aromatic carbocycles. The van der Waals surface area contributed by atoms with Crippen molar-refractivity contribution < 1.29 is 13.2 Å². The van der Waals surface area contributed by atoms with E-state index < -0.39 is 20.3 Å². The van der Waals surface area contributed by atoms with Crippen molar-refractivity contribution in [3.8, 4) is 0 Å². The van der Waals surface area contributed by atoms with E-state index in [-0.39, 0.29) is 10.8 Å². The van der Waals surface area contributed by atoms with Crippen molar-refractivity contribution >= 4 is 44.8 Å². The highest BCUT2D eigenvalue weighted by atomic mass is 35.5. The molecule has 2 aliphatic rings. The molecule has 8 heteroatoms. The first-order chi connectivity index (χ1) is 11.7. The lowest BCUT2D eigenvalue weighted by atomic mass is 10.2. The van der Waals surface area contributed by atoms with E-state index in [1.807, 2.05) is 0 Å². The van der Waals surface area contributed by atoms with Gasteiger partial charge in [-0.3, -0.25) is 4.79 Å². The number of aryl methyl sites for hydroxylation is 1. The third-order valence-corrected chi connectivity index (χ3v) is 7.66. The van der Waals surface area contributed by atoms with Gasteiger partial charge in [-0.15, -0.1) is 23.2 Å². The summed E-state index contributed by atoms with van der Waals surface area (Å²) in [6.45, 7) is 2.85. The highest BCUT2D eigenvalue weighted by molar-refractivity contribution is 7.89. The molecule has 3 rings (SSSR count). The topological polar surface area (TPSA) is 66.5 Å². The number of hydrogen-bond donors (Lipinski definition) is 1. The van der Waals surface area contributed by atoms with Crippen LogP contribution in [-0.2, 0) is 14.8 Å². The predicted molar refractivity (Wildman–Crippen MR) is 99.6 cm³/mol. The van der Waals surface area contributed by atoms with Crippen molar-refractivity contribution in [3.63, 3.8) is 0 Å². The molecule has 1 aliphatic heterocycles. The zero-order chi connectivity index (χ0) is 18.2. The fourth-order valence-electron chi connectivity index (χ4n) is 3.10. The summed E-state index contributed by atoms with van der Waals surface area (Å²) in [5.41, 5.74) is 1.11. The van der Waals surface area contributed by atoms with E-state index in [1.54, 1.807) is 23.4 Å². The molecule has 1 saturated carbocycles. The van der Waals surface area contributed by atoms with Crippen LogP contribution in [0.1, 0.15) is 37.7 Å². The Balaban J connectivity index is 1.82. The molecule has 5 nitrogen and oxygen atoms in total. The van der Waals surface area contributed by atoms with E-state index in [9.17, 15) is 13.2 Å². The lowest BCUT2D eigenvalue weighted by Gasteiger charge is -2.21. The van der Waals surface area contributed by atoms with E-state index in [1.165, 1.54) is 6.07 Å². The number of nitrogens with one attached hydrogen (secondary N) is 1. The number of halogens is 2. The number of sulfonamides is 1. The molecule has 2 fully saturated rings. The standard InChI is InChI=1S/C17H22Cl2N2O3S/c1-12-6-7-13(20-16(22)14-11-17(14,18)19)10-15(12)25(23,24)21-8-4-2-3-5-9-21/h6-7,10,14H,2-5,8-9,11H2,1H3,(H,20,22). The molecular weight excluding hydrogens is 383 g/mol. The van der Waals surface area contributed by atoms with Gasteiger partial charge in [-0.05, 0) is 43.9 Å². The lowest BCUT2D eigenvalue weighted by Crippen LogP contribution is -2.32. The maximum Gasteiger partial charge on any atom is 0.243 e. The van der Waals surface area contributed by atoms with E-state index >= 15 is 0 Å². The maximum atomic E-state index is 13.0. The second kappa shape index (κ2) is 7.06. The van der Waals surface area contributed by atoms with Gasteiger partial charge in [0.05, 0.1) is 10.8 Å². The van der Waals surface area contributed by atoms with Gasteiger partial charge >= 0.3 is 0 Å². The van der Waals surface area contributed by atoms with Gasteiger partial charge in [0.1, 0.15) is 4.33 Å². The molecule has 0 radical (unpaired) electrons. The van der Waals surface area contributed by atoms with Crippen molar-refractivity contribution in [2.75, 3.05) is 18.4 Å². The Kier molecular flexibility index (Phi) is 5.36. The van der Waals surface area contributed by atoms with Gasteiger partial charge in [0.2, 0.25) is 15.9 Å². The van der Waals surface area contributed by atoms with Gasteiger partial charge in [-0.1, -0.05) is 18.9 Å². The number of alkyl halides is 2. The lowest BCUT2D eigenvalue weighted by molar-refractivity contribution is -0.117. The number of carbonyl (C=O) groups is 1. The fraction of sp³-hybridized carbons (Fsp3) is 0.588. The van der Waals surface area contributed by atoms with Gasteiger partial charge in [0, 0.05) is 18.8 Å². The SMILES string of the molecule is Cc1ccc(NC(=O)C2CC2(Cl)Cl)cc1S(=O)(=O)N1CCCCCC1. The summed E-state index contributed by atoms with van der Waals surface area (Å²) in [6, 6.07) is 4.93. The largest absolute Gasteiger partial charge is 0.326 e. The molecule has 25 heavy (non-hydrogen) atoms. The molecule has 1 saturated heterocycles. The molecule has 1 N–H and O–H groups in total. The Hall–Kier alpha value is -0.820. The summed E-state index contributed by atoms with van der Waals surface area (Å²) in [4.78, 5) is 12.4. The molecule has 1 heterocycles. The summed E-state index contributed by atoms with van der Waals surface area (Å²) >= 11 is 11.8. The summed E-state index contributed by atoms with van der Waals surface area (Å²) in [7, 11) is -3.57. The van der Waals surface area contributed by atoms with Gasteiger partial charge < -0.3 is 5.32 Å². The number of anilines is 1. The molecule has 0 aromatic heterocycles. The van der Waals surface area contributed by atoms with Crippen LogP contribution < -0.4 is 5.32 Å². The molecule has 0 spiro atoms. The van der Waals surface area contributed by atoms with E-state index in [4.69, 9.17) is 23.2 Å². The zero-order valence-corrected chi connectivity index (χ0v) is 16.4. The summed E-state index contributed by atoms with van der Waals surface area (Å²) in [5, 5.41) is 2.72. The van der Waals surface area contributed by atoms with Crippen LogP contribution >= 0.6 is 23.2 Å². The number of rotatable bonds is 4. The molecule has 1 amide bonds. The van der Waals surface area contributed by atoms with Crippen molar-refractivity contribution in [3.05, 3.63) is 23.8 Å². The van der Waals surface area contributed by atoms with Gasteiger partial charge in [0.15, 0.2) is 0 Å². The third kappa shape index (κ3) is 4.13. The molecule has 0 bridgehead atoms. The van der Waals surface area contributed by atoms with Crippen LogP contribution in [0.25, 0.3) is 0 Å². The highest BCUT2D eigenvalue weighted by Gasteiger charge is 2.56. The Labute approximate surface area is 158 Å². The van der Waals surface area contributed by atoms with Gasteiger partial charge in [-0.25, -0.2) is 8.42 Å². The van der Waals surface area contributed by atoms with Crippen molar-refractivity contribution in [2.45, 2.75) is 48.3 Å². The monoisotopic (exact) mass is 404 g/mol. The first kappa shape index (κ1) is 19.0. The minimum Gasteiger partial charge on any atom is -0.326 e. The summed E-state index contributed by atoms with van der Waals surface area (Å²) in [6.07, 6.45) is 4.28. The van der Waals surface area contributed by atoms with Crippen molar-refractivity contribution in [1.82, 2.24) is 4.31 Å². The fourth-order valence-corrected chi connectivity index (χ4v) is 5.38. The molecular formula is C17H22Cl2N2O3S. The van der Waals surface area contributed by atoms with E-state index in [0.717, 1.165) is 25.7 Å². The second-order valence-electron chi connectivity index (χ2n) is 6.81. The maximum absolute atomic E-state index is 13.0. The van der Waals surface area contributed by atoms with Crippen LogP contribution in [0.4, 0.5) is 5.69 Å². The van der Waals surface area contributed by atoms with Gasteiger partial charge in [-0.2, -0.15) is 4.31 Å². The molecule has 1 unspecified atom stereocenters. The van der Waals surface area contributed by atoms with Gasteiger partial charge in [0.25, 0.3) is 0 Å². The van der Waals surface area contributed by atoms with Crippen LogP contribution in [0.3, 0.4) is 0 Å². The highest BCUT2D eigenvalue weighted by Crippen LogP contribution is 2.53. The Morgan fingerprint density at radius 2 is 1.80 bits per heavy atom. The minimum absolute atomic E-state index is 0.242. The normalized spacial score (nSPS) is 23.7. The number of amides is 1. The molecule has 1 aromatic rings. The number of carbonyl (C=O) groups excluding carboxylic acids is 1. The first-order valence-electron chi connectivity index (χ1n) is 8.51. The van der Waals surface area contributed by atoms with Crippen molar-refractivity contribution in [1.29, 1.82) is 0 Å². The van der Waals surface area contributed by atoms with Crippen LogP contribution in [0.15, 0.2) is 23.1 Å². The molecule has 138 valence electrons. The zero-order valence-electron chi connectivity index (χ0n) is 14.1. The number of benzene rings is 1. The number of hydrogen-bond acceptors (Lipinski definition) is 3. The van der Waals surface area contributed by atoms with Crippen molar-refractivity contribution in [2.24, 2.45) is 5.92 Å².